The zero-order valence-corrected chi connectivity index (χ0v) is 17.3. The summed E-state index contributed by atoms with van der Waals surface area (Å²) < 4.78 is 32.9. The van der Waals surface area contributed by atoms with Crippen LogP contribution in [0.15, 0.2) is 61.7 Å². The predicted molar refractivity (Wildman–Crippen MR) is 109 cm³/mol. The number of hydrogen-bond donors (Lipinski definition) is 1. The molecule has 2 heterocycles. The maximum Gasteiger partial charge on any atom is 0.419 e. The highest BCUT2D eigenvalue weighted by atomic mass is 35.5. The Morgan fingerprint density at radius 1 is 1.21 bits per heavy atom. The van der Waals surface area contributed by atoms with Crippen molar-refractivity contribution >= 4 is 50.4 Å². The second kappa shape index (κ2) is 7.25. The molecule has 150 valence electrons. The highest BCUT2D eigenvalue weighted by molar-refractivity contribution is 7.98. The van der Waals surface area contributed by atoms with E-state index in [1.807, 2.05) is 12.1 Å². The highest BCUT2D eigenvalue weighted by Gasteiger charge is 2.24. The number of halogens is 1. The minimum atomic E-state index is -4.11. The van der Waals surface area contributed by atoms with Gasteiger partial charge in [-0.2, -0.15) is 13.4 Å². The number of nitrogens with zero attached hydrogens (tertiary/aromatic N) is 4. The fraction of sp³-hybridized carbons (Fsp3) is 0.118. The summed E-state index contributed by atoms with van der Waals surface area (Å²) in [5.41, 5.74) is 7.40. The molecule has 12 heteroatoms. The second-order valence-electron chi connectivity index (χ2n) is 6.07. The van der Waals surface area contributed by atoms with Crippen molar-refractivity contribution in [2.45, 2.75) is 15.8 Å². The van der Waals surface area contributed by atoms with Crippen LogP contribution < -0.4 is 11.5 Å². The van der Waals surface area contributed by atoms with E-state index in [9.17, 15) is 13.2 Å². The number of aryl methyl sites for hydroxylation is 1. The van der Waals surface area contributed by atoms with Crippen LogP contribution in [0.25, 0.3) is 11.1 Å². The number of nitrogen functional groups attached to an aromatic ring is 1. The van der Waals surface area contributed by atoms with Crippen molar-refractivity contribution in [1.29, 1.82) is 0 Å². The van der Waals surface area contributed by atoms with Gasteiger partial charge in [-0.25, -0.2) is 4.79 Å². The lowest BCUT2D eigenvalue weighted by Gasteiger charge is -2.05. The lowest BCUT2D eigenvalue weighted by Crippen LogP contribution is -2.17. The molecule has 0 saturated heterocycles. The number of anilines is 1. The van der Waals surface area contributed by atoms with Crippen LogP contribution in [0.1, 0.15) is 5.56 Å². The van der Waals surface area contributed by atoms with E-state index in [-0.39, 0.29) is 21.6 Å². The first-order chi connectivity index (χ1) is 13.8. The molecule has 4 rings (SSSR count). The number of oxazole rings is 1. The van der Waals surface area contributed by atoms with E-state index in [1.165, 1.54) is 41.6 Å². The molecule has 2 aromatic carbocycles. The number of hydrogen-bond acceptors (Lipinski definition) is 8. The first-order valence-electron chi connectivity index (χ1n) is 8.20. The molecule has 2 N–H and O–H groups in total. The van der Waals surface area contributed by atoms with E-state index < -0.39 is 15.8 Å². The molecule has 29 heavy (non-hydrogen) atoms. The van der Waals surface area contributed by atoms with E-state index in [0.717, 1.165) is 5.56 Å². The third-order valence-corrected chi connectivity index (χ3v) is 6.89. The van der Waals surface area contributed by atoms with Gasteiger partial charge in [0, 0.05) is 17.8 Å². The van der Waals surface area contributed by atoms with Crippen LogP contribution in [0.2, 0.25) is 5.02 Å². The first kappa shape index (κ1) is 19.6. The highest BCUT2D eigenvalue weighted by Crippen LogP contribution is 2.25. The van der Waals surface area contributed by atoms with Gasteiger partial charge in [0.2, 0.25) is 11.1 Å². The van der Waals surface area contributed by atoms with Crippen LogP contribution in [0.5, 0.6) is 0 Å². The summed E-state index contributed by atoms with van der Waals surface area (Å²) in [6.07, 6.45) is 0. The summed E-state index contributed by atoms with van der Waals surface area (Å²) in [5, 5.41) is 4.88. The van der Waals surface area contributed by atoms with Gasteiger partial charge in [0.15, 0.2) is 5.58 Å². The number of fused-ring (bicyclic) bond motifs is 1. The lowest BCUT2D eigenvalue weighted by molar-refractivity contribution is 0.528. The van der Waals surface area contributed by atoms with Crippen LogP contribution in [-0.4, -0.2) is 27.2 Å². The molecule has 4 aromatic rings. The maximum atomic E-state index is 13.0. The Balaban J connectivity index is 1.64. The molecule has 0 aliphatic rings. The van der Waals surface area contributed by atoms with Crippen molar-refractivity contribution in [2.24, 2.45) is 7.05 Å². The van der Waals surface area contributed by atoms with Crippen molar-refractivity contribution in [3.05, 3.63) is 63.6 Å². The predicted octanol–water partition coefficient (Wildman–Crippen LogP) is 2.49. The van der Waals surface area contributed by atoms with Gasteiger partial charge in [-0.15, -0.1) is 9.19 Å². The van der Waals surface area contributed by atoms with Crippen molar-refractivity contribution < 1.29 is 12.8 Å². The van der Waals surface area contributed by atoms with E-state index in [4.69, 9.17) is 21.8 Å². The molecule has 0 radical (unpaired) electrons. The third kappa shape index (κ3) is 3.63. The zero-order chi connectivity index (χ0) is 20.8. The molecule has 0 aliphatic carbocycles. The Morgan fingerprint density at radius 2 is 1.93 bits per heavy atom. The van der Waals surface area contributed by atoms with Gasteiger partial charge in [-0.3, -0.25) is 4.57 Å². The molecule has 0 bridgehead atoms. The van der Waals surface area contributed by atoms with Crippen molar-refractivity contribution in [1.82, 2.24) is 18.7 Å². The normalized spacial score (nSPS) is 11.9. The smallest absolute Gasteiger partial charge is 0.408 e. The van der Waals surface area contributed by atoms with Gasteiger partial charge >= 0.3 is 5.76 Å². The van der Waals surface area contributed by atoms with Crippen LogP contribution in [0.4, 0.5) is 5.95 Å². The molecule has 2 aromatic heterocycles. The Morgan fingerprint density at radius 3 is 2.66 bits per heavy atom. The molecule has 0 saturated carbocycles. The molecule has 9 nitrogen and oxygen atoms in total. The molecular formula is C17H14ClN5O4S2. The van der Waals surface area contributed by atoms with Gasteiger partial charge in [-0.05, 0) is 35.9 Å². The molecule has 0 aliphatic heterocycles. The van der Waals surface area contributed by atoms with E-state index in [0.29, 0.717) is 20.4 Å². The van der Waals surface area contributed by atoms with E-state index >= 15 is 0 Å². The largest absolute Gasteiger partial charge is 0.419 e. The van der Waals surface area contributed by atoms with Crippen molar-refractivity contribution in [3.63, 3.8) is 0 Å². The van der Waals surface area contributed by atoms with Gasteiger partial charge < -0.3 is 10.2 Å². The summed E-state index contributed by atoms with van der Waals surface area (Å²) in [6, 6.07) is 11.3. The standard InChI is InChI=1S/C17H14ClN5O4S2/c1-22-13-8-12(6-7-14(13)27-17(22)24)29(25,26)23-15(19)20-16(21-23)28-9-10-2-4-11(18)5-3-10/h2-8H,9H2,1H3,(H2,19,20,21). The number of rotatable bonds is 5. The van der Waals surface area contributed by atoms with E-state index in [2.05, 4.69) is 10.1 Å². The number of nitrogens with two attached hydrogens (primary N) is 1. The van der Waals surface area contributed by atoms with E-state index in [1.54, 1.807) is 12.1 Å². The number of benzene rings is 2. The minimum Gasteiger partial charge on any atom is -0.408 e. The Kier molecular flexibility index (Phi) is 4.89. The Hall–Kier alpha value is -2.76. The summed E-state index contributed by atoms with van der Waals surface area (Å²) in [5.74, 6) is -0.329. The summed E-state index contributed by atoms with van der Waals surface area (Å²) >= 11 is 7.11. The third-order valence-electron chi connectivity index (χ3n) is 4.15. The van der Waals surface area contributed by atoms with Crippen LogP contribution in [0, 0.1) is 0 Å². The van der Waals surface area contributed by atoms with Gasteiger partial charge in [0.1, 0.15) is 0 Å². The number of thioether (sulfide) groups is 1. The van der Waals surface area contributed by atoms with Gasteiger partial charge in [0.25, 0.3) is 10.0 Å². The lowest BCUT2D eigenvalue weighted by atomic mass is 10.2. The first-order valence-corrected chi connectivity index (χ1v) is 11.0. The average Bonchev–Trinajstić information content (AvgIpc) is 3.21. The Labute approximate surface area is 174 Å². The summed E-state index contributed by atoms with van der Waals surface area (Å²) in [6.45, 7) is 0. The van der Waals surface area contributed by atoms with Crippen LogP contribution in [0.3, 0.4) is 0 Å². The van der Waals surface area contributed by atoms with Crippen molar-refractivity contribution in [3.8, 4) is 0 Å². The molecule has 0 atom stereocenters. The van der Waals surface area contributed by atoms with Gasteiger partial charge in [0.05, 0.1) is 10.4 Å². The molecule has 0 fully saturated rings. The fourth-order valence-electron chi connectivity index (χ4n) is 2.63. The SMILES string of the molecule is Cn1c(=O)oc2ccc(S(=O)(=O)n3nc(SCc4ccc(Cl)cc4)nc3N)cc21. The molecule has 0 amide bonds. The minimum absolute atomic E-state index is 0.0905. The van der Waals surface area contributed by atoms with Gasteiger partial charge in [-0.1, -0.05) is 35.5 Å². The quantitative estimate of drug-likeness (QED) is 0.458. The second-order valence-corrected chi connectivity index (χ2v) is 9.22. The monoisotopic (exact) mass is 451 g/mol. The molecule has 0 spiro atoms. The van der Waals surface area contributed by atoms with Crippen LogP contribution in [-0.2, 0) is 22.8 Å². The summed E-state index contributed by atoms with van der Waals surface area (Å²) in [7, 11) is -2.62. The molecular weight excluding hydrogens is 438 g/mol. The average molecular weight is 452 g/mol. The topological polar surface area (TPSA) is 126 Å². The zero-order valence-electron chi connectivity index (χ0n) is 14.9. The Bertz CT molecular complexity index is 1370. The summed E-state index contributed by atoms with van der Waals surface area (Å²) in [4.78, 5) is 15.6. The van der Waals surface area contributed by atoms with Crippen LogP contribution >= 0.6 is 23.4 Å². The van der Waals surface area contributed by atoms with Crippen molar-refractivity contribution in [2.75, 3.05) is 5.73 Å². The number of aromatic nitrogens is 4. The molecule has 0 unspecified atom stereocenters. The fourth-order valence-corrected chi connectivity index (χ4v) is 4.76. The maximum absolute atomic E-state index is 13.0.